The molecule has 0 spiro atoms. The molecule has 0 radical (unpaired) electrons. The third-order valence-electron chi connectivity index (χ3n) is 10.3. The summed E-state index contributed by atoms with van der Waals surface area (Å²) in [7, 11) is 0. The first kappa shape index (κ1) is 48.6. The van der Waals surface area contributed by atoms with Crippen LogP contribution in [0.3, 0.4) is 0 Å². The van der Waals surface area contributed by atoms with Gasteiger partial charge in [0.1, 0.15) is 0 Å². The molecule has 12 nitrogen and oxygen atoms in total. The van der Waals surface area contributed by atoms with Crippen LogP contribution in [0.4, 0.5) is 0 Å². The zero-order valence-electron chi connectivity index (χ0n) is 33.4. The quantitative estimate of drug-likeness (QED) is 0.107. The fourth-order valence-corrected chi connectivity index (χ4v) is 7.33. The molecule has 55 heavy (non-hydrogen) atoms. The van der Waals surface area contributed by atoms with E-state index in [2.05, 4.69) is 16.9 Å². The number of unbranched alkanes of at least 4 members (excludes halogenated alkanes) is 2. The first-order valence-corrected chi connectivity index (χ1v) is 17.7. The van der Waals surface area contributed by atoms with Crippen molar-refractivity contribution < 1.29 is 123 Å². The van der Waals surface area contributed by atoms with Crippen LogP contribution in [0.25, 0.3) is 18.2 Å². The molecule has 5 rings (SSSR count). The molecular formula is C40H44N5Na3O7. The van der Waals surface area contributed by atoms with Crippen molar-refractivity contribution in [3.05, 3.63) is 86.1 Å². The van der Waals surface area contributed by atoms with Crippen molar-refractivity contribution in [3.63, 3.8) is 0 Å². The maximum absolute atomic E-state index is 14.1. The Kier molecular flexibility index (Phi) is 18.4. The average Bonchev–Trinajstić information content (AvgIpc) is 3.76. The SMILES string of the molecule is C=Cc1c2[nH]c(c1C)C=C1N=C(/C(=C(/[O-])O)C3=NC(=CC4=NC(=C2)C(C)=C4CC)C(C)=C3C(=O)NC(CCCCC)C(=O)[O-])[C@@H](CCC(=O)[O-])[C@@H]1C.[Na+].[Na+].[Na+]. The van der Waals surface area contributed by atoms with Crippen molar-refractivity contribution in [1.29, 1.82) is 0 Å². The first-order valence-electron chi connectivity index (χ1n) is 17.7. The molecule has 0 aliphatic carbocycles. The third kappa shape index (κ3) is 10.1. The largest absolute Gasteiger partial charge is 1.00 e. The normalized spacial score (nSPS) is 20.0. The Balaban J connectivity index is 0.00000348. The summed E-state index contributed by atoms with van der Waals surface area (Å²) in [5.41, 5.74) is 6.88. The van der Waals surface area contributed by atoms with Crippen LogP contribution in [0.1, 0.15) is 102 Å². The van der Waals surface area contributed by atoms with E-state index in [1.807, 2.05) is 46.8 Å². The number of H-pyrrole nitrogens is 1. The summed E-state index contributed by atoms with van der Waals surface area (Å²) in [5.74, 6) is -6.12. The zero-order chi connectivity index (χ0) is 38.0. The number of hydrogen-bond acceptors (Lipinski definition) is 10. The van der Waals surface area contributed by atoms with Crippen LogP contribution in [-0.4, -0.2) is 51.1 Å². The van der Waals surface area contributed by atoms with E-state index in [9.17, 15) is 34.8 Å². The maximum atomic E-state index is 14.1. The Bertz CT molecular complexity index is 2040. The number of fused-ring (bicyclic) bond motifs is 5. The monoisotopic (exact) mass is 775 g/mol. The minimum absolute atomic E-state index is 0. The summed E-state index contributed by atoms with van der Waals surface area (Å²) in [4.78, 5) is 56.0. The topological polar surface area (TPSA) is 206 Å². The van der Waals surface area contributed by atoms with E-state index in [1.54, 1.807) is 19.1 Å². The number of carbonyl (C=O) groups is 3. The van der Waals surface area contributed by atoms with Crippen LogP contribution in [0.5, 0.6) is 0 Å². The molecule has 0 aromatic carbocycles. The number of carboxylic acid groups (broad SMARTS) is 2. The fraction of sp³-hybridized carbons (Fsp3) is 0.400. The molecule has 15 heteroatoms. The fourth-order valence-electron chi connectivity index (χ4n) is 7.33. The molecule has 1 aromatic rings. The number of aliphatic hydroxyl groups is 1. The molecule has 1 aromatic heterocycles. The first-order chi connectivity index (χ1) is 24.7. The van der Waals surface area contributed by atoms with E-state index in [1.165, 1.54) is 0 Å². The van der Waals surface area contributed by atoms with E-state index < -0.39 is 41.7 Å². The predicted octanol–water partition coefficient (Wildman–Crippen LogP) is -5.31. The Labute approximate surface area is 388 Å². The molecule has 3 N–H and O–H groups in total. The molecule has 274 valence electrons. The number of nitrogens with one attached hydrogen (secondary N) is 2. The van der Waals surface area contributed by atoms with Gasteiger partial charge in [-0.05, 0) is 87.0 Å². The molecule has 3 atom stereocenters. The van der Waals surface area contributed by atoms with Crippen molar-refractivity contribution >= 4 is 53.2 Å². The maximum Gasteiger partial charge on any atom is 1.00 e. The average molecular weight is 776 g/mol. The zero-order valence-corrected chi connectivity index (χ0v) is 39.4. The van der Waals surface area contributed by atoms with Crippen LogP contribution in [-0.2, 0) is 14.4 Å². The third-order valence-corrected chi connectivity index (χ3v) is 10.3. The van der Waals surface area contributed by atoms with Crippen molar-refractivity contribution in [3.8, 4) is 0 Å². The molecule has 1 unspecified atom stereocenters. The summed E-state index contributed by atoms with van der Waals surface area (Å²) < 4.78 is 0. The Morgan fingerprint density at radius 2 is 1.64 bits per heavy atom. The van der Waals surface area contributed by atoms with Crippen LogP contribution in [0.2, 0.25) is 0 Å². The molecule has 4 aliphatic heterocycles. The number of aliphatic carboxylic acids is 2. The standard InChI is InChI=1S/C40H47N5O7.3Na/c1-8-11-12-13-26(39(49)50)45-38(48)34-22(7)30-18-32-24(10-3)20(5)28(42-32)17-31-23(9-2)19(4)27(41-31)16-29-21(6)25(14-15-33(46)47)36(43-29)35(40(51)52)37(34)44-30;;;/h9,16-18,21,25-26,41,51-52H,2,8,10-15H2,1,3-7H3,(H,45,48)(H,46,47)(H,49,50);;;/q;3*+1/p-3/t21-,25-,26?;;;/m0.../s1. The molecule has 0 saturated carbocycles. The molecule has 8 bridgehead atoms. The van der Waals surface area contributed by atoms with Gasteiger partial charge in [-0.25, -0.2) is 9.98 Å². The Hall–Kier alpha value is -2.52. The second-order valence-corrected chi connectivity index (χ2v) is 13.6. The van der Waals surface area contributed by atoms with Gasteiger partial charge in [-0.1, -0.05) is 52.7 Å². The number of rotatable bonds is 12. The van der Waals surface area contributed by atoms with Gasteiger partial charge in [-0.15, -0.1) is 0 Å². The van der Waals surface area contributed by atoms with Crippen molar-refractivity contribution in [2.75, 3.05) is 0 Å². The summed E-state index contributed by atoms with van der Waals surface area (Å²) in [6.45, 7) is 15.4. The number of aromatic amines is 1. The second-order valence-electron chi connectivity index (χ2n) is 13.6. The molecule has 1 amide bonds. The molecule has 0 saturated heterocycles. The van der Waals surface area contributed by atoms with E-state index in [4.69, 9.17) is 15.0 Å². The number of amides is 1. The summed E-state index contributed by atoms with van der Waals surface area (Å²) >= 11 is 0. The van der Waals surface area contributed by atoms with Gasteiger partial charge >= 0.3 is 88.7 Å². The van der Waals surface area contributed by atoms with E-state index in [-0.39, 0.29) is 136 Å². The number of hydrogen-bond donors (Lipinski definition) is 3. The molecule has 0 fully saturated rings. The van der Waals surface area contributed by atoms with E-state index in [0.29, 0.717) is 41.2 Å². The van der Waals surface area contributed by atoms with Gasteiger partial charge in [0, 0.05) is 46.0 Å². The summed E-state index contributed by atoms with van der Waals surface area (Å²) in [5, 5.41) is 50.6. The summed E-state index contributed by atoms with van der Waals surface area (Å²) in [6, 6.07) is -1.32. The van der Waals surface area contributed by atoms with Crippen molar-refractivity contribution in [2.24, 2.45) is 26.8 Å². The number of carbonyl (C=O) groups excluding carboxylic acids is 3. The number of carboxylic acids is 2. The van der Waals surface area contributed by atoms with Gasteiger partial charge in [0.05, 0.1) is 52.1 Å². The Morgan fingerprint density at radius 1 is 0.964 bits per heavy atom. The van der Waals surface area contributed by atoms with Gasteiger partial charge in [-0.3, -0.25) is 9.79 Å². The van der Waals surface area contributed by atoms with Gasteiger partial charge < -0.3 is 40.3 Å². The van der Waals surface area contributed by atoms with Crippen molar-refractivity contribution in [1.82, 2.24) is 10.3 Å². The van der Waals surface area contributed by atoms with Crippen LogP contribution in [0, 0.1) is 18.8 Å². The molecular weight excluding hydrogens is 731 g/mol. The number of aliphatic imine (C=N–C) groups is 3. The molecule has 4 aliphatic rings. The Morgan fingerprint density at radius 3 is 2.22 bits per heavy atom. The van der Waals surface area contributed by atoms with E-state index >= 15 is 0 Å². The number of aromatic nitrogens is 1. The number of allylic oxidation sites excluding steroid dienone is 6. The minimum atomic E-state index is -1.45. The predicted molar refractivity (Wildman–Crippen MR) is 195 cm³/mol. The summed E-state index contributed by atoms with van der Waals surface area (Å²) in [6.07, 6.45) is 9.77. The van der Waals surface area contributed by atoms with Crippen LogP contribution in [0.15, 0.2) is 78.5 Å². The van der Waals surface area contributed by atoms with Crippen molar-refractivity contribution in [2.45, 2.75) is 92.5 Å². The smallest absolute Gasteiger partial charge is 0.629 e. The minimum Gasteiger partial charge on any atom is -0.629 e. The van der Waals surface area contributed by atoms with Gasteiger partial charge in [-0.2, -0.15) is 0 Å². The molecule has 5 heterocycles. The van der Waals surface area contributed by atoms with Gasteiger partial charge in [0.15, 0.2) is 0 Å². The van der Waals surface area contributed by atoms with E-state index in [0.717, 1.165) is 40.8 Å². The van der Waals surface area contributed by atoms with Crippen LogP contribution >= 0.6 is 0 Å². The second kappa shape index (κ2) is 20.8. The number of aliphatic hydroxyl groups excluding tert-OH is 1. The number of nitrogens with zero attached hydrogens (tertiary/aromatic N) is 3. The van der Waals surface area contributed by atoms with Crippen LogP contribution < -0.4 is 109 Å². The van der Waals surface area contributed by atoms with Gasteiger partial charge in [0.25, 0.3) is 5.91 Å². The van der Waals surface area contributed by atoms with Gasteiger partial charge in [0.2, 0.25) is 0 Å².